The zero-order valence-corrected chi connectivity index (χ0v) is 18.5. The molecule has 11 nitrogen and oxygen atoms in total. The van der Waals surface area contributed by atoms with Gasteiger partial charge in [-0.05, 0) is 46.9 Å². The van der Waals surface area contributed by atoms with Crippen molar-refractivity contribution in [3.63, 3.8) is 0 Å². The van der Waals surface area contributed by atoms with Gasteiger partial charge in [0, 0.05) is 10.7 Å². The molecule has 1 aromatic heterocycles. The number of fused-ring (bicyclic) bond motifs is 1. The van der Waals surface area contributed by atoms with E-state index in [2.05, 4.69) is 14.4 Å². The van der Waals surface area contributed by atoms with E-state index in [1.807, 2.05) is 0 Å². The molecule has 1 N–H and O–H groups in total. The summed E-state index contributed by atoms with van der Waals surface area (Å²) in [6, 6.07) is 10.2. The molecular weight excluding hydrogens is 497 g/mol. The smallest absolute Gasteiger partial charge is 0.443 e. The highest BCUT2D eigenvalue weighted by Crippen LogP contribution is 2.26. The molecule has 2 heterocycles. The Morgan fingerprint density at radius 2 is 1.86 bits per heavy atom. The maximum absolute atomic E-state index is 12.6. The Labute approximate surface area is 196 Å². The van der Waals surface area contributed by atoms with Crippen molar-refractivity contribution in [3.8, 4) is 11.8 Å². The fourth-order valence-corrected chi connectivity index (χ4v) is 4.24. The van der Waals surface area contributed by atoms with Gasteiger partial charge < -0.3 is 24.3 Å². The maximum atomic E-state index is 12.6. The molecule has 0 unspecified atom stereocenters. The topological polar surface area (TPSA) is 135 Å². The molecule has 0 spiro atoms. The average molecular weight is 514 g/mol. The van der Waals surface area contributed by atoms with Gasteiger partial charge >= 0.3 is 18.2 Å². The Balaban J connectivity index is 1.33. The van der Waals surface area contributed by atoms with Crippen molar-refractivity contribution in [2.45, 2.75) is 30.5 Å². The lowest BCUT2D eigenvalue weighted by Gasteiger charge is -2.22. The van der Waals surface area contributed by atoms with E-state index in [9.17, 15) is 31.7 Å². The van der Waals surface area contributed by atoms with Crippen LogP contribution in [0.1, 0.15) is 5.56 Å². The average Bonchev–Trinajstić information content (AvgIpc) is 3.22. The van der Waals surface area contributed by atoms with E-state index in [4.69, 9.17) is 9.47 Å². The molecule has 15 heteroatoms. The van der Waals surface area contributed by atoms with Gasteiger partial charge in [0.15, 0.2) is 0 Å². The van der Waals surface area contributed by atoms with Crippen molar-refractivity contribution in [3.05, 3.63) is 70.4 Å². The number of aromatic nitrogens is 2. The van der Waals surface area contributed by atoms with E-state index in [0.29, 0.717) is 12.1 Å². The molecule has 3 aromatic rings. The van der Waals surface area contributed by atoms with Crippen molar-refractivity contribution in [1.29, 1.82) is 0 Å². The van der Waals surface area contributed by atoms with Gasteiger partial charge in [-0.25, -0.2) is 8.42 Å². The zero-order valence-electron chi connectivity index (χ0n) is 17.6. The van der Waals surface area contributed by atoms with Crippen LogP contribution in [0, 0.1) is 10.1 Å². The first-order chi connectivity index (χ1) is 16.5. The van der Waals surface area contributed by atoms with Gasteiger partial charge in [0.25, 0.3) is 10.0 Å². The summed E-state index contributed by atoms with van der Waals surface area (Å²) in [6.45, 7) is 0.589. The number of ether oxygens (including phenoxy) is 3. The lowest BCUT2D eigenvalue weighted by Crippen LogP contribution is -2.32. The minimum absolute atomic E-state index is 0.0586. The standard InChI is InChI=1S/C20H17F3N4O7S/c21-20(22,23)34-15-5-3-14(4-6-15)25-35(30,31)17-7-1-13(2-8-17)11-32-16-9-26-10-18(27(28)29)24-19(26)33-12-16/h1-8,10,16,25H,9,11-12H2/t16-/m0/s1. The Morgan fingerprint density at radius 3 is 2.49 bits per heavy atom. The molecule has 0 bridgehead atoms. The second-order valence-corrected chi connectivity index (χ2v) is 9.04. The van der Waals surface area contributed by atoms with Crippen LogP contribution < -0.4 is 14.2 Å². The Bertz CT molecular complexity index is 1310. The van der Waals surface area contributed by atoms with Crippen molar-refractivity contribution < 1.29 is 40.7 Å². The lowest BCUT2D eigenvalue weighted by atomic mass is 10.2. The van der Waals surface area contributed by atoms with Crippen LogP contribution >= 0.6 is 0 Å². The number of nitrogens with zero attached hydrogens (tertiary/aromatic N) is 3. The highest BCUT2D eigenvalue weighted by Gasteiger charge is 2.31. The van der Waals surface area contributed by atoms with E-state index in [-0.39, 0.29) is 35.6 Å². The molecule has 0 radical (unpaired) electrons. The molecule has 2 aromatic carbocycles. The summed E-state index contributed by atoms with van der Waals surface area (Å²) < 4.78 is 80.5. The quantitative estimate of drug-likeness (QED) is 0.357. The zero-order chi connectivity index (χ0) is 25.2. The number of sulfonamides is 1. The second kappa shape index (κ2) is 9.42. The monoisotopic (exact) mass is 514 g/mol. The third-order valence-electron chi connectivity index (χ3n) is 4.77. The van der Waals surface area contributed by atoms with Gasteiger partial charge in [0.1, 0.15) is 24.7 Å². The fourth-order valence-electron chi connectivity index (χ4n) is 3.18. The number of hydrogen-bond donors (Lipinski definition) is 1. The van der Waals surface area contributed by atoms with Gasteiger partial charge in [-0.15, -0.1) is 13.2 Å². The molecule has 0 fully saturated rings. The van der Waals surface area contributed by atoms with Crippen LogP contribution in [-0.4, -0.2) is 42.0 Å². The van der Waals surface area contributed by atoms with Crippen LogP contribution in [0.15, 0.2) is 59.6 Å². The van der Waals surface area contributed by atoms with Crippen molar-refractivity contribution in [2.75, 3.05) is 11.3 Å². The first-order valence-electron chi connectivity index (χ1n) is 9.92. The lowest BCUT2D eigenvalue weighted by molar-refractivity contribution is -0.389. The van der Waals surface area contributed by atoms with Gasteiger partial charge in [0.05, 0.1) is 18.0 Å². The second-order valence-electron chi connectivity index (χ2n) is 7.36. The first kappa shape index (κ1) is 24.3. The highest BCUT2D eigenvalue weighted by molar-refractivity contribution is 7.92. The largest absolute Gasteiger partial charge is 0.573 e. The third kappa shape index (κ3) is 6.19. The molecule has 35 heavy (non-hydrogen) atoms. The minimum Gasteiger partial charge on any atom is -0.443 e. The summed E-state index contributed by atoms with van der Waals surface area (Å²) in [5, 5.41) is 10.8. The Kier molecular flexibility index (Phi) is 6.53. The van der Waals surface area contributed by atoms with Gasteiger partial charge in [-0.3, -0.25) is 9.29 Å². The number of rotatable bonds is 8. The van der Waals surface area contributed by atoms with Crippen LogP contribution in [0.4, 0.5) is 24.7 Å². The van der Waals surface area contributed by atoms with E-state index in [1.54, 1.807) is 12.1 Å². The predicted octanol–water partition coefficient (Wildman–Crippen LogP) is 3.47. The number of nitro groups is 1. The summed E-state index contributed by atoms with van der Waals surface area (Å²) in [4.78, 5) is 13.9. The number of halogens is 3. The van der Waals surface area contributed by atoms with Gasteiger partial charge in [-0.1, -0.05) is 12.1 Å². The summed E-state index contributed by atoms with van der Waals surface area (Å²) in [7, 11) is -3.99. The molecule has 1 aliphatic heterocycles. The molecule has 0 amide bonds. The molecule has 0 saturated carbocycles. The Morgan fingerprint density at radius 1 is 1.17 bits per heavy atom. The highest BCUT2D eigenvalue weighted by atomic mass is 32.2. The number of nitrogens with one attached hydrogen (secondary N) is 1. The molecule has 0 saturated heterocycles. The fraction of sp³-hybridized carbons (Fsp3) is 0.250. The Hall–Kier alpha value is -3.85. The first-order valence-corrected chi connectivity index (χ1v) is 11.4. The van der Waals surface area contributed by atoms with E-state index >= 15 is 0 Å². The van der Waals surface area contributed by atoms with E-state index in [1.165, 1.54) is 22.9 Å². The van der Waals surface area contributed by atoms with Gasteiger partial charge in [0.2, 0.25) is 0 Å². The van der Waals surface area contributed by atoms with Crippen LogP contribution in [0.25, 0.3) is 0 Å². The summed E-state index contributed by atoms with van der Waals surface area (Å²) in [5.74, 6) is -0.799. The van der Waals surface area contributed by atoms with Crippen molar-refractivity contribution in [1.82, 2.24) is 9.55 Å². The van der Waals surface area contributed by atoms with Crippen LogP contribution in [0.3, 0.4) is 0 Å². The predicted molar refractivity (Wildman–Crippen MR) is 113 cm³/mol. The summed E-state index contributed by atoms with van der Waals surface area (Å²) in [5.41, 5.74) is 0.725. The van der Waals surface area contributed by atoms with Gasteiger partial charge in [-0.2, -0.15) is 0 Å². The van der Waals surface area contributed by atoms with Crippen molar-refractivity contribution >= 4 is 21.5 Å². The van der Waals surface area contributed by atoms with Crippen molar-refractivity contribution in [2.24, 2.45) is 0 Å². The third-order valence-corrected chi connectivity index (χ3v) is 6.17. The summed E-state index contributed by atoms with van der Waals surface area (Å²) >= 11 is 0. The van der Waals surface area contributed by atoms with Crippen LogP contribution in [0.5, 0.6) is 11.8 Å². The van der Waals surface area contributed by atoms with Crippen LogP contribution in [0.2, 0.25) is 0 Å². The SMILES string of the molecule is O=[N+]([O-])c1cn2c(n1)OC[C@@H](OCc1ccc(S(=O)(=O)Nc3ccc(OC(F)(F)F)cc3)cc1)C2. The van der Waals surface area contributed by atoms with Crippen LogP contribution in [-0.2, 0) is 27.9 Å². The molecule has 1 aliphatic rings. The molecule has 1 atom stereocenters. The molecular formula is C20H17F3N4O7S. The molecule has 0 aliphatic carbocycles. The number of anilines is 1. The minimum atomic E-state index is -4.85. The number of hydrogen-bond acceptors (Lipinski definition) is 8. The number of alkyl halides is 3. The number of imidazole rings is 1. The maximum Gasteiger partial charge on any atom is 0.573 e. The summed E-state index contributed by atoms with van der Waals surface area (Å²) in [6.07, 6.45) is -3.99. The molecule has 186 valence electrons. The van der Waals surface area contributed by atoms with E-state index < -0.39 is 33.2 Å². The number of benzene rings is 2. The van der Waals surface area contributed by atoms with E-state index in [0.717, 1.165) is 24.3 Å². The normalized spacial score (nSPS) is 15.7. The molecule has 4 rings (SSSR count).